The Morgan fingerprint density at radius 2 is 0.965 bits per heavy atom. The van der Waals surface area contributed by atoms with Gasteiger partial charge in [-0.1, -0.05) is 84.9 Å². The maximum absolute atomic E-state index is 13.2. The van der Waals surface area contributed by atoms with Gasteiger partial charge in [0.1, 0.15) is 0 Å². The van der Waals surface area contributed by atoms with E-state index in [2.05, 4.69) is 16.1 Å². The molecule has 1 aliphatic rings. The van der Waals surface area contributed by atoms with Crippen molar-refractivity contribution in [3.63, 3.8) is 0 Å². The molecule has 4 rings (SSSR count). The van der Waals surface area contributed by atoms with Crippen LogP contribution in [0, 0.1) is 0 Å². The van der Waals surface area contributed by atoms with E-state index in [9.17, 15) is 39.3 Å². The van der Waals surface area contributed by atoms with E-state index in [0.717, 1.165) is 22.3 Å². The number of carbonyl (C=O) groups is 5. The van der Waals surface area contributed by atoms with Crippen LogP contribution in [0.5, 0.6) is 0 Å². The maximum Gasteiger partial charge on any atom is 0.317 e. The summed E-state index contributed by atoms with van der Waals surface area (Å²) in [5.74, 6) is -3.54. The van der Waals surface area contributed by atoms with Gasteiger partial charge in [0.2, 0.25) is 5.91 Å². The van der Waals surface area contributed by atoms with E-state index >= 15 is 0 Å². The van der Waals surface area contributed by atoms with E-state index in [1.54, 1.807) is 14.7 Å². The van der Waals surface area contributed by atoms with E-state index in [1.807, 2.05) is 89.8 Å². The highest BCUT2D eigenvalue weighted by Gasteiger charge is 2.22. The number of hydrogen-bond acceptors (Lipinski definition) is 11. The predicted octanol–water partition coefficient (Wildman–Crippen LogP) is 1.12. The average molecular weight is 790 g/mol. The van der Waals surface area contributed by atoms with Gasteiger partial charge in [0, 0.05) is 65.4 Å². The highest BCUT2D eigenvalue weighted by atomic mass is 16.6. The molecule has 57 heavy (non-hydrogen) atoms. The molecular formula is C41H55N7O9. The molecule has 308 valence electrons. The van der Waals surface area contributed by atoms with E-state index < -0.39 is 23.9 Å². The molecule has 0 saturated carbocycles. The molecule has 1 fully saturated rings. The third-order valence-corrected chi connectivity index (χ3v) is 9.57. The Balaban J connectivity index is 1.30. The second kappa shape index (κ2) is 24.4. The van der Waals surface area contributed by atoms with Crippen molar-refractivity contribution in [3.05, 3.63) is 107 Å². The Morgan fingerprint density at radius 1 is 0.544 bits per heavy atom. The molecule has 16 heteroatoms. The Kier molecular flexibility index (Phi) is 19.1. The fourth-order valence-electron chi connectivity index (χ4n) is 6.38. The number of nitrogens with one attached hydrogen (secondary N) is 3. The summed E-state index contributed by atoms with van der Waals surface area (Å²) in [6.45, 7) is 2.82. The molecule has 0 spiro atoms. The van der Waals surface area contributed by atoms with Gasteiger partial charge < -0.3 is 26.0 Å². The fraction of sp³-hybridized carbons (Fsp3) is 0.439. The van der Waals surface area contributed by atoms with Crippen molar-refractivity contribution in [1.82, 2.24) is 35.7 Å². The third-order valence-electron chi connectivity index (χ3n) is 9.57. The number of aliphatic carboxylic acids is 3. The summed E-state index contributed by atoms with van der Waals surface area (Å²) in [4.78, 5) is 73.4. The van der Waals surface area contributed by atoms with E-state index in [1.165, 1.54) is 0 Å². The Morgan fingerprint density at radius 3 is 1.42 bits per heavy atom. The van der Waals surface area contributed by atoms with Crippen LogP contribution in [0.25, 0.3) is 0 Å². The van der Waals surface area contributed by atoms with Gasteiger partial charge in [-0.15, -0.1) is 0 Å². The first-order chi connectivity index (χ1) is 27.5. The van der Waals surface area contributed by atoms with E-state index in [-0.39, 0.29) is 51.1 Å². The standard InChI is InChI=1S/C41H55N7O9/c49-37(27-45-17-19-46(28-38(50)51)21-23-48(30-40(54)55)24-22-47(20-18-45)29-39(52)53)43-26-34-13-11-33(12-14-34)25-42-36(16-15-32-7-3-1-4-8-32)41(56)44-57-31-35-9-5-2-6-10-35/h1-14,36,42H,15-31H2,(H,43,49)(H,44,56)(H,50,51)(H,52,53)(H,54,55)/t36-/m0/s1. The lowest BCUT2D eigenvalue weighted by atomic mass is 10.0. The van der Waals surface area contributed by atoms with Crippen LogP contribution in [0.4, 0.5) is 0 Å². The minimum atomic E-state index is -1.02. The molecule has 0 aliphatic carbocycles. The number of carbonyl (C=O) groups excluding carboxylic acids is 2. The number of amides is 2. The van der Waals surface area contributed by atoms with E-state index in [0.29, 0.717) is 71.7 Å². The lowest BCUT2D eigenvalue weighted by molar-refractivity contribution is -0.140. The first-order valence-corrected chi connectivity index (χ1v) is 19.1. The number of nitrogens with zero attached hydrogens (tertiary/aromatic N) is 4. The molecule has 0 unspecified atom stereocenters. The highest BCUT2D eigenvalue weighted by molar-refractivity contribution is 5.80. The highest BCUT2D eigenvalue weighted by Crippen LogP contribution is 2.10. The largest absolute Gasteiger partial charge is 0.480 e. The number of aryl methyl sites for hydroxylation is 1. The zero-order valence-electron chi connectivity index (χ0n) is 32.3. The lowest BCUT2D eigenvalue weighted by Crippen LogP contribution is -2.49. The van der Waals surface area contributed by atoms with Crippen molar-refractivity contribution >= 4 is 29.7 Å². The maximum atomic E-state index is 13.2. The van der Waals surface area contributed by atoms with Crippen LogP contribution in [-0.4, -0.2) is 149 Å². The molecule has 1 heterocycles. The van der Waals surface area contributed by atoms with Crippen LogP contribution in [0.2, 0.25) is 0 Å². The topological polar surface area (TPSA) is 204 Å². The molecular weight excluding hydrogens is 734 g/mol. The number of hydroxylamine groups is 1. The summed E-state index contributed by atoms with van der Waals surface area (Å²) < 4.78 is 0. The van der Waals surface area contributed by atoms with E-state index in [4.69, 9.17) is 4.84 Å². The van der Waals surface area contributed by atoms with Gasteiger partial charge in [-0.2, -0.15) is 0 Å². The second-order valence-corrected chi connectivity index (χ2v) is 14.1. The summed E-state index contributed by atoms with van der Waals surface area (Å²) in [6, 6.07) is 26.7. The molecule has 1 atom stereocenters. The molecule has 2 amide bonds. The molecule has 1 saturated heterocycles. The van der Waals surface area contributed by atoms with Crippen LogP contribution in [0.1, 0.15) is 28.7 Å². The van der Waals surface area contributed by atoms with Crippen molar-refractivity contribution in [3.8, 4) is 0 Å². The van der Waals surface area contributed by atoms with Crippen LogP contribution < -0.4 is 16.1 Å². The average Bonchev–Trinajstić information content (AvgIpc) is 3.18. The SMILES string of the molecule is O=C(O)CN1CCN(CC(=O)O)CCN(CC(=O)NCc2ccc(CN[C@@H](CCc3ccccc3)C(=O)NOCc3ccccc3)cc2)CCN(CC(=O)O)CC1. The first kappa shape index (κ1) is 44.5. The number of rotatable bonds is 20. The predicted molar refractivity (Wildman–Crippen MR) is 212 cm³/mol. The smallest absolute Gasteiger partial charge is 0.317 e. The van der Waals surface area contributed by atoms with Gasteiger partial charge in [-0.05, 0) is 35.1 Å². The Labute approximate surface area is 333 Å². The number of hydrogen-bond donors (Lipinski definition) is 6. The third kappa shape index (κ3) is 18.1. The summed E-state index contributed by atoms with van der Waals surface area (Å²) in [5, 5.41) is 34.6. The lowest BCUT2D eigenvalue weighted by Gasteiger charge is -2.32. The minimum absolute atomic E-state index is 0.0243. The second-order valence-electron chi connectivity index (χ2n) is 14.1. The van der Waals surface area contributed by atoms with Crippen molar-refractivity contribution in [2.24, 2.45) is 0 Å². The van der Waals surface area contributed by atoms with Crippen LogP contribution in [0.15, 0.2) is 84.9 Å². The van der Waals surface area contributed by atoms with Crippen molar-refractivity contribution in [1.29, 1.82) is 0 Å². The minimum Gasteiger partial charge on any atom is -0.480 e. The molecule has 6 N–H and O–H groups in total. The molecule has 3 aromatic rings. The summed E-state index contributed by atoms with van der Waals surface area (Å²) in [5.41, 5.74) is 6.50. The van der Waals surface area contributed by atoms with Crippen LogP contribution in [-0.2, 0) is 54.9 Å². The monoisotopic (exact) mass is 789 g/mol. The normalized spacial score (nSPS) is 15.8. The summed E-state index contributed by atoms with van der Waals surface area (Å²) in [6.07, 6.45) is 1.27. The molecule has 0 radical (unpaired) electrons. The van der Waals surface area contributed by atoms with Gasteiger partial charge in [0.15, 0.2) is 0 Å². The first-order valence-electron chi connectivity index (χ1n) is 19.1. The molecule has 16 nitrogen and oxygen atoms in total. The van der Waals surface area contributed by atoms with Crippen molar-refractivity contribution in [2.45, 2.75) is 38.6 Å². The van der Waals surface area contributed by atoms with Gasteiger partial charge >= 0.3 is 17.9 Å². The van der Waals surface area contributed by atoms with Crippen molar-refractivity contribution < 1.29 is 44.1 Å². The summed E-state index contributed by atoms with van der Waals surface area (Å²) in [7, 11) is 0. The zero-order chi connectivity index (χ0) is 40.8. The number of carboxylic acids is 3. The van der Waals surface area contributed by atoms with Crippen LogP contribution >= 0.6 is 0 Å². The molecule has 3 aromatic carbocycles. The number of benzene rings is 3. The van der Waals surface area contributed by atoms with Gasteiger partial charge in [-0.3, -0.25) is 48.4 Å². The number of carboxylic acid groups (broad SMARTS) is 3. The van der Waals surface area contributed by atoms with Gasteiger partial charge in [0.05, 0.1) is 38.8 Å². The molecule has 1 aliphatic heterocycles. The zero-order valence-corrected chi connectivity index (χ0v) is 32.3. The summed E-state index contributed by atoms with van der Waals surface area (Å²) >= 11 is 0. The van der Waals surface area contributed by atoms with Gasteiger partial charge in [-0.25, -0.2) is 5.48 Å². The van der Waals surface area contributed by atoms with Crippen molar-refractivity contribution in [2.75, 3.05) is 78.5 Å². The quantitative estimate of drug-likeness (QED) is 0.0889. The van der Waals surface area contributed by atoms with Crippen LogP contribution in [0.3, 0.4) is 0 Å². The Bertz CT molecular complexity index is 1670. The molecule has 0 aromatic heterocycles. The van der Waals surface area contributed by atoms with Gasteiger partial charge in [0.25, 0.3) is 5.91 Å². The Hall–Kier alpha value is -5.23. The fourth-order valence-corrected chi connectivity index (χ4v) is 6.38. The molecule has 0 bridgehead atoms.